The molecule has 0 saturated heterocycles. The van der Waals surface area contributed by atoms with Crippen molar-refractivity contribution in [3.8, 4) is 11.5 Å². The smallest absolute Gasteiger partial charge is 0.161 e. The van der Waals surface area contributed by atoms with E-state index in [-0.39, 0.29) is 0 Å². The lowest BCUT2D eigenvalue weighted by Crippen LogP contribution is -2.18. The maximum absolute atomic E-state index is 5.39. The van der Waals surface area contributed by atoms with Crippen LogP contribution in [0.1, 0.15) is 36.4 Å². The molecule has 0 heterocycles. The summed E-state index contributed by atoms with van der Waals surface area (Å²) in [5, 5.41) is 3.42. The van der Waals surface area contributed by atoms with Crippen molar-refractivity contribution < 1.29 is 9.47 Å². The Labute approximate surface area is 109 Å². The monoisotopic (exact) mass is 249 g/mol. The largest absolute Gasteiger partial charge is 0.493 e. The Balaban J connectivity index is 2.29. The third-order valence-corrected chi connectivity index (χ3v) is 3.76. The Bertz CT molecular complexity index is 413. The lowest BCUT2D eigenvalue weighted by molar-refractivity contribution is 0.353. The summed E-state index contributed by atoms with van der Waals surface area (Å²) in [7, 11) is 5.39. The topological polar surface area (TPSA) is 30.5 Å². The number of hydrogen-bond acceptors (Lipinski definition) is 3. The zero-order valence-electron chi connectivity index (χ0n) is 11.7. The molecule has 1 N–H and O–H groups in total. The van der Waals surface area contributed by atoms with E-state index in [1.54, 1.807) is 14.2 Å². The van der Waals surface area contributed by atoms with Crippen molar-refractivity contribution in [3.05, 3.63) is 23.3 Å². The van der Waals surface area contributed by atoms with Crippen LogP contribution >= 0.6 is 0 Å². The van der Waals surface area contributed by atoms with E-state index in [9.17, 15) is 0 Å². The highest BCUT2D eigenvalue weighted by Gasteiger charge is 2.26. The first-order chi connectivity index (χ1) is 8.69. The average Bonchev–Trinajstić information content (AvgIpc) is 3.19. The molecule has 0 spiro atoms. The van der Waals surface area contributed by atoms with Gasteiger partial charge >= 0.3 is 0 Å². The Hall–Kier alpha value is -1.22. The molecule has 3 nitrogen and oxygen atoms in total. The number of hydrogen-bond donors (Lipinski definition) is 1. The molecule has 1 atom stereocenters. The molecular formula is C15H23NO2. The number of benzene rings is 1. The van der Waals surface area contributed by atoms with E-state index in [0.717, 1.165) is 17.4 Å². The quantitative estimate of drug-likeness (QED) is 0.840. The zero-order chi connectivity index (χ0) is 13.1. The average molecular weight is 249 g/mol. The predicted octanol–water partition coefficient (Wildman–Crippen LogP) is 3.07. The van der Waals surface area contributed by atoms with Crippen molar-refractivity contribution in [3.63, 3.8) is 0 Å². The molecule has 1 aromatic rings. The molecule has 1 unspecified atom stereocenters. The molecule has 2 rings (SSSR count). The van der Waals surface area contributed by atoms with E-state index in [1.807, 2.05) is 7.05 Å². The lowest BCUT2D eigenvalue weighted by atomic mass is 9.96. The second-order valence-corrected chi connectivity index (χ2v) is 5.08. The zero-order valence-corrected chi connectivity index (χ0v) is 11.7. The van der Waals surface area contributed by atoms with Crippen molar-refractivity contribution in [1.82, 2.24) is 5.32 Å². The first-order valence-electron chi connectivity index (χ1n) is 6.59. The van der Waals surface area contributed by atoms with Crippen molar-refractivity contribution in [2.75, 3.05) is 21.3 Å². The number of methoxy groups -OCH3 is 2. The van der Waals surface area contributed by atoms with Crippen LogP contribution in [-0.4, -0.2) is 21.3 Å². The highest BCUT2D eigenvalue weighted by molar-refractivity contribution is 5.48. The van der Waals surface area contributed by atoms with Crippen LogP contribution in [0.15, 0.2) is 12.1 Å². The van der Waals surface area contributed by atoms with Crippen molar-refractivity contribution in [1.29, 1.82) is 0 Å². The Morgan fingerprint density at radius 3 is 2.33 bits per heavy atom. The van der Waals surface area contributed by atoms with Gasteiger partial charge in [-0.05, 0) is 49.6 Å². The van der Waals surface area contributed by atoms with E-state index in [4.69, 9.17) is 9.47 Å². The second-order valence-electron chi connectivity index (χ2n) is 5.08. The Morgan fingerprint density at radius 2 is 1.83 bits per heavy atom. The minimum atomic E-state index is 0.414. The highest BCUT2D eigenvalue weighted by Crippen LogP contribution is 2.40. The van der Waals surface area contributed by atoms with E-state index < -0.39 is 0 Å². The molecule has 1 saturated carbocycles. The molecule has 1 aliphatic carbocycles. The fourth-order valence-electron chi connectivity index (χ4n) is 2.46. The van der Waals surface area contributed by atoms with Crippen LogP contribution in [0.5, 0.6) is 11.5 Å². The van der Waals surface area contributed by atoms with Gasteiger partial charge in [-0.15, -0.1) is 0 Å². The van der Waals surface area contributed by atoms with Gasteiger partial charge in [0.05, 0.1) is 14.2 Å². The van der Waals surface area contributed by atoms with Gasteiger partial charge in [0.1, 0.15) is 0 Å². The lowest BCUT2D eigenvalue weighted by Gasteiger charge is -2.20. The van der Waals surface area contributed by atoms with Gasteiger partial charge in [-0.1, -0.05) is 12.8 Å². The van der Waals surface area contributed by atoms with Gasteiger partial charge in [0.25, 0.3) is 0 Å². The third-order valence-electron chi connectivity index (χ3n) is 3.76. The van der Waals surface area contributed by atoms with Crippen LogP contribution in [0.25, 0.3) is 0 Å². The Morgan fingerprint density at radius 1 is 1.22 bits per heavy atom. The van der Waals surface area contributed by atoms with Crippen LogP contribution in [0.2, 0.25) is 0 Å². The molecule has 1 aromatic carbocycles. The van der Waals surface area contributed by atoms with E-state index >= 15 is 0 Å². The molecule has 0 radical (unpaired) electrons. The summed E-state index contributed by atoms with van der Waals surface area (Å²) >= 11 is 0. The first kappa shape index (κ1) is 13.2. The van der Waals surface area contributed by atoms with E-state index in [0.29, 0.717) is 6.04 Å². The second kappa shape index (κ2) is 5.61. The summed E-state index contributed by atoms with van der Waals surface area (Å²) in [5.41, 5.74) is 2.58. The summed E-state index contributed by atoms with van der Waals surface area (Å²) in [6.07, 6.45) is 3.97. The summed E-state index contributed by atoms with van der Waals surface area (Å²) in [4.78, 5) is 0. The molecule has 100 valence electrons. The molecule has 1 fully saturated rings. The Kier molecular flexibility index (Phi) is 4.12. The summed E-state index contributed by atoms with van der Waals surface area (Å²) < 4.78 is 10.7. The number of aryl methyl sites for hydroxylation is 1. The van der Waals surface area contributed by atoms with Gasteiger partial charge in [-0.2, -0.15) is 0 Å². The standard InChI is InChI=1S/C15H23NO2/c1-10-7-14(17-3)15(18-4)9-12(10)13(16-2)8-11-5-6-11/h7,9,11,13,16H,5-6,8H2,1-4H3. The molecule has 0 aliphatic heterocycles. The fourth-order valence-corrected chi connectivity index (χ4v) is 2.46. The highest BCUT2D eigenvalue weighted by atomic mass is 16.5. The molecule has 0 amide bonds. The molecular weight excluding hydrogens is 226 g/mol. The molecule has 0 bridgehead atoms. The summed E-state index contributed by atoms with van der Waals surface area (Å²) in [5.74, 6) is 2.52. The molecule has 3 heteroatoms. The number of nitrogens with one attached hydrogen (secondary N) is 1. The van der Waals surface area contributed by atoms with Crippen molar-refractivity contribution in [2.24, 2.45) is 5.92 Å². The maximum Gasteiger partial charge on any atom is 0.161 e. The van der Waals surface area contributed by atoms with Gasteiger partial charge in [-0.25, -0.2) is 0 Å². The van der Waals surface area contributed by atoms with Crippen molar-refractivity contribution in [2.45, 2.75) is 32.2 Å². The maximum atomic E-state index is 5.39. The van der Waals surface area contributed by atoms with Gasteiger partial charge < -0.3 is 14.8 Å². The van der Waals surface area contributed by atoms with E-state index in [2.05, 4.69) is 24.4 Å². The minimum absolute atomic E-state index is 0.414. The van der Waals surface area contributed by atoms with E-state index in [1.165, 1.54) is 30.4 Å². The van der Waals surface area contributed by atoms with Gasteiger partial charge in [0.15, 0.2) is 11.5 Å². The molecule has 1 aliphatic rings. The fraction of sp³-hybridized carbons (Fsp3) is 0.600. The van der Waals surface area contributed by atoms with Crippen LogP contribution < -0.4 is 14.8 Å². The number of ether oxygens (including phenoxy) is 2. The van der Waals surface area contributed by atoms with Gasteiger partial charge in [-0.3, -0.25) is 0 Å². The first-order valence-corrected chi connectivity index (χ1v) is 6.59. The van der Waals surface area contributed by atoms with Crippen LogP contribution in [0.4, 0.5) is 0 Å². The van der Waals surface area contributed by atoms with Crippen LogP contribution in [0, 0.1) is 12.8 Å². The van der Waals surface area contributed by atoms with Crippen LogP contribution in [-0.2, 0) is 0 Å². The summed E-state index contributed by atoms with van der Waals surface area (Å²) in [6.45, 7) is 2.13. The normalized spacial score (nSPS) is 16.4. The predicted molar refractivity (Wildman–Crippen MR) is 73.4 cm³/mol. The summed E-state index contributed by atoms with van der Waals surface area (Å²) in [6, 6.07) is 4.58. The molecule has 18 heavy (non-hydrogen) atoms. The minimum Gasteiger partial charge on any atom is -0.493 e. The van der Waals surface area contributed by atoms with Crippen LogP contribution in [0.3, 0.4) is 0 Å². The SMILES string of the molecule is CNC(CC1CC1)c1cc(OC)c(OC)cc1C. The van der Waals surface area contributed by atoms with Gasteiger partial charge in [0, 0.05) is 6.04 Å². The van der Waals surface area contributed by atoms with Crippen molar-refractivity contribution >= 4 is 0 Å². The number of rotatable bonds is 6. The third kappa shape index (κ3) is 2.78. The van der Waals surface area contributed by atoms with Gasteiger partial charge in [0.2, 0.25) is 0 Å². The molecule has 0 aromatic heterocycles.